The number of piperidine rings is 1. The minimum Gasteiger partial charge on any atom is -0.343 e. The summed E-state index contributed by atoms with van der Waals surface area (Å²) in [7, 11) is 0. The molecule has 2 heterocycles. The van der Waals surface area contributed by atoms with Gasteiger partial charge in [0.05, 0.1) is 5.92 Å². The van der Waals surface area contributed by atoms with Crippen LogP contribution in [-0.4, -0.2) is 47.0 Å². The zero-order chi connectivity index (χ0) is 15.9. The molecular formula is C17H28N4O. The van der Waals surface area contributed by atoms with Gasteiger partial charge < -0.3 is 9.80 Å². The van der Waals surface area contributed by atoms with Crippen molar-refractivity contribution in [2.45, 2.75) is 46.5 Å². The van der Waals surface area contributed by atoms with Gasteiger partial charge in [0, 0.05) is 38.1 Å². The third-order valence-electron chi connectivity index (χ3n) is 4.31. The van der Waals surface area contributed by atoms with Gasteiger partial charge in [0.25, 0.3) is 0 Å². The molecule has 0 spiro atoms. The fourth-order valence-electron chi connectivity index (χ4n) is 2.98. The Morgan fingerprint density at radius 2 is 2.27 bits per heavy atom. The van der Waals surface area contributed by atoms with Crippen molar-refractivity contribution in [1.29, 1.82) is 0 Å². The van der Waals surface area contributed by atoms with Crippen molar-refractivity contribution in [2.24, 2.45) is 5.92 Å². The number of carbonyl (C=O) groups is 1. The zero-order valence-corrected chi connectivity index (χ0v) is 14.1. The van der Waals surface area contributed by atoms with Crippen molar-refractivity contribution in [3.63, 3.8) is 0 Å². The molecule has 1 saturated heterocycles. The number of rotatable bonds is 6. The molecule has 5 nitrogen and oxygen atoms in total. The molecule has 0 N–H and O–H groups in total. The first kappa shape index (κ1) is 16.7. The van der Waals surface area contributed by atoms with E-state index in [0.717, 1.165) is 63.5 Å². The molecule has 1 aromatic rings. The fourth-order valence-corrected chi connectivity index (χ4v) is 2.98. The maximum atomic E-state index is 12.7. The minimum absolute atomic E-state index is 0.0784. The second-order valence-corrected chi connectivity index (χ2v) is 6.05. The number of unbranched alkanes of at least 4 members (excludes halogenated alkanes) is 1. The van der Waals surface area contributed by atoms with E-state index in [9.17, 15) is 4.79 Å². The number of carbonyl (C=O) groups excluding carboxylic acids is 1. The summed E-state index contributed by atoms with van der Waals surface area (Å²) in [6, 6.07) is 1.90. The largest absolute Gasteiger partial charge is 0.343 e. The van der Waals surface area contributed by atoms with Gasteiger partial charge in [-0.25, -0.2) is 9.97 Å². The monoisotopic (exact) mass is 304 g/mol. The molecule has 0 saturated carbocycles. The molecule has 1 unspecified atom stereocenters. The highest BCUT2D eigenvalue weighted by Gasteiger charge is 2.29. The number of aromatic nitrogens is 2. The van der Waals surface area contributed by atoms with Crippen LogP contribution in [0.25, 0.3) is 0 Å². The molecule has 0 aliphatic carbocycles. The Hall–Kier alpha value is -1.65. The number of hydrogen-bond donors (Lipinski definition) is 0. The van der Waals surface area contributed by atoms with Gasteiger partial charge in [-0.3, -0.25) is 4.79 Å². The van der Waals surface area contributed by atoms with E-state index < -0.39 is 0 Å². The first-order valence-electron chi connectivity index (χ1n) is 8.49. The average molecular weight is 304 g/mol. The lowest BCUT2D eigenvalue weighted by molar-refractivity contribution is -0.135. The Labute approximate surface area is 133 Å². The van der Waals surface area contributed by atoms with Crippen LogP contribution < -0.4 is 4.90 Å². The standard InChI is InChI=1S/C17H28N4O/c1-4-6-11-20(5-2)16(22)15-8-7-12-21(13-15)17-18-10-9-14(3)19-17/h9-10,15H,4-8,11-13H2,1-3H3. The van der Waals surface area contributed by atoms with Crippen LogP contribution in [0, 0.1) is 12.8 Å². The molecule has 0 radical (unpaired) electrons. The summed E-state index contributed by atoms with van der Waals surface area (Å²) in [4.78, 5) is 25.8. The summed E-state index contributed by atoms with van der Waals surface area (Å²) in [6.45, 7) is 9.56. The predicted octanol–water partition coefficient (Wildman–Crippen LogP) is 2.65. The molecule has 2 rings (SSSR count). The second-order valence-electron chi connectivity index (χ2n) is 6.05. The number of aryl methyl sites for hydroxylation is 1. The van der Waals surface area contributed by atoms with Gasteiger partial charge in [0.2, 0.25) is 11.9 Å². The topological polar surface area (TPSA) is 49.3 Å². The smallest absolute Gasteiger partial charge is 0.227 e. The SMILES string of the molecule is CCCCN(CC)C(=O)C1CCCN(c2nccc(C)n2)C1. The average Bonchev–Trinajstić information content (AvgIpc) is 2.55. The van der Waals surface area contributed by atoms with Crippen LogP contribution in [0.4, 0.5) is 5.95 Å². The van der Waals surface area contributed by atoms with E-state index in [1.807, 2.05) is 17.9 Å². The van der Waals surface area contributed by atoms with Crippen molar-refractivity contribution in [1.82, 2.24) is 14.9 Å². The summed E-state index contributed by atoms with van der Waals surface area (Å²) in [6.07, 6.45) is 6.00. The Bertz CT molecular complexity index is 491. The van der Waals surface area contributed by atoms with Crippen LogP contribution in [0.15, 0.2) is 12.3 Å². The minimum atomic E-state index is 0.0784. The van der Waals surface area contributed by atoms with Gasteiger partial charge in [0.15, 0.2) is 0 Å². The summed E-state index contributed by atoms with van der Waals surface area (Å²) in [5.74, 6) is 1.14. The first-order valence-corrected chi connectivity index (χ1v) is 8.49. The van der Waals surface area contributed by atoms with Crippen molar-refractivity contribution >= 4 is 11.9 Å². The maximum Gasteiger partial charge on any atom is 0.227 e. The van der Waals surface area contributed by atoms with Gasteiger partial charge in [0.1, 0.15) is 0 Å². The molecule has 1 aromatic heterocycles. The van der Waals surface area contributed by atoms with Crippen molar-refractivity contribution in [3.05, 3.63) is 18.0 Å². The maximum absolute atomic E-state index is 12.7. The number of nitrogens with zero attached hydrogens (tertiary/aromatic N) is 4. The third-order valence-corrected chi connectivity index (χ3v) is 4.31. The molecule has 0 bridgehead atoms. The van der Waals surface area contributed by atoms with Gasteiger partial charge in [-0.2, -0.15) is 0 Å². The molecule has 1 atom stereocenters. The van der Waals surface area contributed by atoms with E-state index in [2.05, 4.69) is 28.7 Å². The molecular weight excluding hydrogens is 276 g/mol. The normalized spacial score (nSPS) is 18.3. The van der Waals surface area contributed by atoms with Gasteiger partial charge >= 0.3 is 0 Å². The molecule has 1 aliphatic heterocycles. The quantitative estimate of drug-likeness (QED) is 0.810. The lowest BCUT2D eigenvalue weighted by Crippen LogP contribution is -2.45. The Kier molecular flexibility index (Phi) is 6.16. The van der Waals surface area contributed by atoms with Crippen LogP contribution >= 0.6 is 0 Å². The van der Waals surface area contributed by atoms with Crippen LogP contribution in [0.5, 0.6) is 0 Å². The highest BCUT2D eigenvalue weighted by Crippen LogP contribution is 2.22. The molecule has 1 amide bonds. The first-order chi connectivity index (χ1) is 10.7. The van der Waals surface area contributed by atoms with E-state index in [-0.39, 0.29) is 5.92 Å². The lowest BCUT2D eigenvalue weighted by Gasteiger charge is -2.34. The molecule has 5 heteroatoms. The predicted molar refractivity (Wildman–Crippen MR) is 88.9 cm³/mol. The Balaban J connectivity index is 2.01. The van der Waals surface area contributed by atoms with Crippen LogP contribution in [-0.2, 0) is 4.79 Å². The highest BCUT2D eigenvalue weighted by molar-refractivity contribution is 5.79. The molecule has 0 aromatic carbocycles. The third kappa shape index (κ3) is 4.18. The van der Waals surface area contributed by atoms with E-state index >= 15 is 0 Å². The van der Waals surface area contributed by atoms with Crippen LogP contribution in [0.1, 0.15) is 45.2 Å². The van der Waals surface area contributed by atoms with Crippen molar-refractivity contribution in [2.75, 3.05) is 31.1 Å². The van der Waals surface area contributed by atoms with Gasteiger partial charge in [-0.1, -0.05) is 13.3 Å². The van der Waals surface area contributed by atoms with Crippen LogP contribution in [0.3, 0.4) is 0 Å². The van der Waals surface area contributed by atoms with Crippen molar-refractivity contribution in [3.8, 4) is 0 Å². The fraction of sp³-hybridized carbons (Fsp3) is 0.706. The van der Waals surface area contributed by atoms with Gasteiger partial charge in [-0.15, -0.1) is 0 Å². The second kappa shape index (κ2) is 8.11. The highest BCUT2D eigenvalue weighted by atomic mass is 16.2. The molecule has 1 fully saturated rings. The van der Waals surface area contributed by atoms with Gasteiger partial charge in [-0.05, 0) is 39.2 Å². The summed E-state index contributed by atoms with van der Waals surface area (Å²) < 4.78 is 0. The lowest BCUT2D eigenvalue weighted by atomic mass is 9.96. The van der Waals surface area contributed by atoms with E-state index in [4.69, 9.17) is 0 Å². The van der Waals surface area contributed by atoms with Crippen LogP contribution in [0.2, 0.25) is 0 Å². The Morgan fingerprint density at radius 3 is 2.95 bits per heavy atom. The summed E-state index contributed by atoms with van der Waals surface area (Å²) >= 11 is 0. The van der Waals surface area contributed by atoms with E-state index in [0.29, 0.717) is 5.91 Å². The summed E-state index contributed by atoms with van der Waals surface area (Å²) in [5, 5.41) is 0. The molecule has 1 aliphatic rings. The number of hydrogen-bond acceptors (Lipinski definition) is 4. The van der Waals surface area contributed by atoms with Crippen molar-refractivity contribution < 1.29 is 4.79 Å². The number of amides is 1. The zero-order valence-electron chi connectivity index (χ0n) is 14.1. The van der Waals surface area contributed by atoms with E-state index in [1.54, 1.807) is 6.20 Å². The van der Waals surface area contributed by atoms with E-state index in [1.165, 1.54) is 0 Å². The molecule has 122 valence electrons. The Morgan fingerprint density at radius 1 is 1.45 bits per heavy atom. The number of anilines is 1. The molecule has 22 heavy (non-hydrogen) atoms. The summed E-state index contributed by atoms with van der Waals surface area (Å²) in [5.41, 5.74) is 0.969.